The lowest BCUT2D eigenvalue weighted by Gasteiger charge is -2.08. The van der Waals surface area contributed by atoms with Gasteiger partial charge in [-0.2, -0.15) is 10.2 Å². The van der Waals surface area contributed by atoms with Crippen molar-refractivity contribution in [2.45, 2.75) is 20.4 Å². The number of nitrogens with zero attached hydrogens (tertiary/aromatic N) is 4. The van der Waals surface area contributed by atoms with Crippen LogP contribution in [0.15, 0.2) is 24.3 Å². The number of halogens is 2. The number of hydrogen-bond acceptors (Lipinski definition) is 3. The molecular weight excluding hydrogens is 357 g/mol. The van der Waals surface area contributed by atoms with Crippen LogP contribution in [0.2, 0.25) is 5.02 Å². The maximum Gasteiger partial charge on any atom is 0.269 e. The molecule has 2 aromatic heterocycles. The zero-order valence-electron chi connectivity index (χ0n) is 15.0. The van der Waals surface area contributed by atoms with E-state index in [0.29, 0.717) is 11.4 Å². The minimum absolute atomic E-state index is 0.00417. The normalized spacial score (nSPS) is 11.0. The van der Waals surface area contributed by atoms with Gasteiger partial charge in [-0.15, -0.1) is 0 Å². The van der Waals surface area contributed by atoms with Crippen LogP contribution >= 0.6 is 11.6 Å². The van der Waals surface area contributed by atoms with Crippen molar-refractivity contribution in [2.75, 3.05) is 0 Å². The lowest BCUT2D eigenvalue weighted by Crippen LogP contribution is -2.25. The fourth-order valence-corrected chi connectivity index (χ4v) is 3.14. The number of nitrogens with one attached hydrogen (secondary N) is 1. The molecule has 26 heavy (non-hydrogen) atoms. The summed E-state index contributed by atoms with van der Waals surface area (Å²) in [6, 6.07) is 6.12. The minimum atomic E-state index is -0.454. The van der Waals surface area contributed by atoms with E-state index in [4.69, 9.17) is 11.6 Å². The van der Waals surface area contributed by atoms with Crippen LogP contribution in [-0.2, 0) is 20.6 Å². The molecule has 0 fully saturated rings. The molecule has 0 spiro atoms. The fourth-order valence-electron chi connectivity index (χ4n) is 2.91. The molecule has 0 aliphatic rings. The molecule has 0 bridgehead atoms. The van der Waals surface area contributed by atoms with Crippen LogP contribution < -0.4 is 5.32 Å². The van der Waals surface area contributed by atoms with Gasteiger partial charge in [-0.1, -0.05) is 17.7 Å². The molecule has 2 heterocycles. The summed E-state index contributed by atoms with van der Waals surface area (Å²) in [5, 5.41) is 11.8. The highest BCUT2D eigenvalue weighted by molar-refractivity contribution is 6.31. The third-order valence-corrected chi connectivity index (χ3v) is 4.72. The number of carbonyl (C=O) groups is 1. The zero-order chi connectivity index (χ0) is 19.0. The summed E-state index contributed by atoms with van der Waals surface area (Å²) >= 11 is 5.99. The van der Waals surface area contributed by atoms with E-state index in [0.717, 1.165) is 17.0 Å². The predicted octanol–water partition coefficient (Wildman–Crippen LogP) is 3.16. The van der Waals surface area contributed by atoms with E-state index in [1.807, 2.05) is 20.9 Å². The Bertz CT molecular complexity index is 972. The van der Waals surface area contributed by atoms with Crippen LogP contribution in [0.3, 0.4) is 0 Å². The summed E-state index contributed by atoms with van der Waals surface area (Å²) in [7, 11) is 3.55. The Morgan fingerprint density at radius 3 is 2.58 bits per heavy atom. The molecule has 0 radical (unpaired) electrons. The predicted molar refractivity (Wildman–Crippen MR) is 97.5 cm³/mol. The second-order valence-corrected chi connectivity index (χ2v) is 6.50. The van der Waals surface area contributed by atoms with E-state index in [2.05, 4.69) is 15.5 Å². The summed E-state index contributed by atoms with van der Waals surface area (Å²) in [6.07, 6.45) is 0. The summed E-state index contributed by atoms with van der Waals surface area (Å²) in [4.78, 5) is 12.5. The van der Waals surface area contributed by atoms with E-state index < -0.39 is 5.82 Å². The molecule has 8 heteroatoms. The average Bonchev–Trinajstić information content (AvgIpc) is 3.06. The van der Waals surface area contributed by atoms with Crippen LogP contribution in [0, 0.1) is 19.7 Å². The van der Waals surface area contributed by atoms with E-state index in [1.54, 1.807) is 23.9 Å². The third-order valence-electron chi connectivity index (χ3n) is 4.37. The van der Waals surface area contributed by atoms with Crippen molar-refractivity contribution in [3.8, 4) is 11.3 Å². The van der Waals surface area contributed by atoms with Crippen molar-refractivity contribution in [3.63, 3.8) is 0 Å². The summed E-state index contributed by atoms with van der Waals surface area (Å²) in [5.74, 6) is -0.810. The van der Waals surface area contributed by atoms with Gasteiger partial charge < -0.3 is 5.32 Å². The largest absolute Gasteiger partial charge is 0.346 e. The van der Waals surface area contributed by atoms with Gasteiger partial charge in [0.15, 0.2) is 0 Å². The monoisotopic (exact) mass is 375 g/mol. The third kappa shape index (κ3) is 3.22. The number of benzene rings is 1. The zero-order valence-corrected chi connectivity index (χ0v) is 15.7. The van der Waals surface area contributed by atoms with Crippen molar-refractivity contribution in [2.24, 2.45) is 14.1 Å². The second-order valence-electron chi connectivity index (χ2n) is 6.09. The van der Waals surface area contributed by atoms with Gasteiger partial charge in [0.2, 0.25) is 0 Å². The van der Waals surface area contributed by atoms with Gasteiger partial charge in [-0.05, 0) is 32.0 Å². The number of aryl methyl sites for hydroxylation is 3. The van der Waals surface area contributed by atoms with E-state index in [9.17, 15) is 9.18 Å². The van der Waals surface area contributed by atoms with E-state index in [-0.39, 0.29) is 23.0 Å². The number of amides is 1. The Morgan fingerprint density at radius 1 is 1.23 bits per heavy atom. The van der Waals surface area contributed by atoms with Gasteiger partial charge in [0.25, 0.3) is 5.91 Å². The van der Waals surface area contributed by atoms with Crippen molar-refractivity contribution in [3.05, 3.63) is 57.8 Å². The standard InChI is InChI=1S/C18H19ClFN5O/c1-10-17(11(2)24(3)22-10)15-8-16(25(4)23-15)18(26)21-9-12-13(19)6-5-7-14(12)20/h5-8H,9H2,1-4H3,(H,21,26). The Labute approximate surface area is 155 Å². The van der Waals surface area contributed by atoms with Crippen molar-refractivity contribution in [1.29, 1.82) is 0 Å². The first-order chi connectivity index (χ1) is 12.3. The number of hydrogen-bond donors (Lipinski definition) is 1. The van der Waals surface area contributed by atoms with Gasteiger partial charge in [0.1, 0.15) is 11.5 Å². The van der Waals surface area contributed by atoms with Crippen LogP contribution in [-0.4, -0.2) is 25.5 Å². The molecule has 136 valence electrons. The number of aromatic nitrogens is 4. The maximum absolute atomic E-state index is 13.8. The molecule has 0 aliphatic carbocycles. The molecular formula is C18H19ClFN5O. The fraction of sp³-hybridized carbons (Fsp3) is 0.278. The maximum atomic E-state index is 13.8. The highest BCUT2D eigenvalue weighted by atomic mass is 35.5. The molecule has 3 aromatic rings. The highest BCUT2D eigenvalue weighted by Crippen LogP contribution is 2.26. The van der Waals surface area contributed by atoms with Gasteiger partial charge in [-0.3, -0.25) is 14.2 Å². The average molecular weight is 376 g/mol. The Balaban J connectivity index is 1.84. The SMILES string of the molecule is Cc1nn(C)c(C)c1-c1cc(C(=O)NCc2c(F)cccc2Cl)n(C)n1. The van der Waals surface area contributed by atoms with E-state index in [1.165, 1.54) is 16.8 Å². The first-order valence-electron chi connectivity index (χ1n) is 8.05. The van der Waals surface area contributed by atoms with Gasteiger partial charge in [0, 0.05) is 42.5 Å². The Kier molecular flexibility index (Phi) is 4.82. The Hall–Kier alpha value is -2.67. The molecule has 0 atom stereocenters. The quantitative estimate of drug-likeness (QED) is 0.761. The van der Waals surface area contributed by atoms with Gasteiger partial charge in [0.05, 0.1) is 11.4 Å². The molecule has 0 saturated heterocycles. The van der Waals surface area contributed by atoms with Crippen LogP contribution in [0.1, 0.15) is 27.4 Å². The van der Waals surface area contributed by atoms with Crippen molar-refractivity contribution < 1.29 is 9.18 Å². The first kappa shape index (κ1) is 18.1. The molecule has 1 N–H and O–H groups in total. The summed E-state index contributed by atoms with van der Waals surface area (Å²) in [6.45, 7) is 3.84. The molecule has 0 aliphatic heterocycles. The molecule has 0 saturated carbocycles. The summed E-state index contributed by atoms with van der Waals surface area (Å²) in [5.41, 5.74) is 4.00. The van der Waals surface area contributed by atoms with Crippen LogP contribution in [0.25, 0.3) is 11.3 Å². The molecule has 6 nitrogen and oxygen atoms in total. The minimum Gasteiger partial charge on any atom is -0.346 e. The topological polar surface area (TPSA) is 64.7 Å². The Morgan fingerprint density at radius 2 is 1.96 bits per heavy atom. The second kappa shape index (κ2) is 6.92. The van der Waals surface area contributed by atoms with Crippen LogP contribution in [0.4, 0.5) is 4.39 Å². The van der Waals surface area contributed by atoms with Gasteiger partial charge >= 0.3 is 0 Å². The number of carbonyl (C=O) groups excluding carboxylic acids is 1. The lowest BCUT2D eigenvalue weighted by atomic mass is 10.1. The number of rotatable bonds is 4. The molecule has 1 aromatic carbocycles. The molecule has 1 amide bonds. The molecule has 3 rings (SSSR count). The van der Waals surface area contributed by atoms with Crippen molar-refractivity contribution in [1.82, 2.24) is 24.9 Å². The molecule has 0 unspecified atom stereocenters. The lowest BCUT2D eigenvalue weighted by molar-refractivity contribution is 0.0941. The van der Waals surface area contributed by atoms with Crippen molar-refractivity contribution >= 4 is 17.5 Å². The van der Waals surface area contributed by atoms with Crippen LogP contribution in [0.5, 0.6) is 0 Å². The summed E-state index contributed by atoms with van der Waals surface area (Å²) < 4.78 is 17.1. The van der Waals surface area contributed by atoms with E-state index >= 15 is 0 Å². The smallest absolute Gasteiger partial charge is 0.269 e. The highest BCUT2D eigenvalue weighted by Gasteiger charge is 2.19. The first-order valence-corrected chi connectivity index (χ1v) is 8.43. The van der Waals surface area contributed by atoms with Gasteiger partial charge in [-0.25, -0.2) is 4.39 Å².